The minimum atomic E-state index is -0.860. The van der Waals surface area contributed by atoms with Gasteiger partial charge < -0.3 is 0 Å². The molecule has 21 heavy (non-hydrogen) atoms. The van der Waals surface area contributed by atoms with Crippen molar-refractivity contribution < 1.29 is 14.4 Å². The van der Waals surface area contributed by atoms with Crippen molar-refractivity contribution in [2.24, 2.45) is 11.0 Å². The Kier molecular flexibility index (Phi) is 5.41. The standard InChI is InChI=1S/C12H18N6O3/c19-9(16-14-6-8-4-2-1-3-5-8)7-13-10-11(20)15-12(21)18-17-10/h1-2,6,8,10,13,17H,3-5,7H2,(H,16,19)(H2,15,18,20,21)/b14-6+. The molecule has 2 aliphatic rings. The Morgan fingerprint density at radius 2 is 2.29 bits per heavy atom. The summed E-state index contributed by atoms with van der Waals surface area (Å²) in [7, 11) is 0. The molecule has 1 saturated heterocycles. The normalized spacial score (nSPS) is 25.5. The Labute approximate surface area is 121 Å². The van der Waals surface area contributed by atoms with Crippen LogP contribution < -0.4 is 26.9 Å². The molecule has 1 aliphatic heterocycles. The first-order valence-corrected chi connectivity index (χ1v) is 6.72. The van der Waals surface area contributed by atoms with E-state index in [-0.39, 0.29) is 12.5 Å². The van der Waals surface area contributed by atoms with Crippen LogP contribution >= 0.6 is 0 Å². The number of hydrogen-bond acceptors (Lipinski definition) is 6. The van der Waals surface area contributed by atoms with Crippen LogP contribution in [0.1, 0.15) is 19.3 Å². The minimum absolute atomic E-state index is 0.108. The van der Waals surface area contributed by atoms with Crippen LogP contribution in [-0.2, 0) is 9.59 Å². The summed E-state index contributed by atoms with van der Waals surface area (Å²) in [6, 6.07) is -0.631. The van der Waals surface area contributed by atoms with Gasteiger partial charge in [-0.25, -0.2) is 15.6 Å². The number of carbonyl (C=O) groups excluding carboxylic acids is 3. The number of amides is 4. The van der Waals surface area contributed by atoms with Gasteiger partial charge in [0.1, 0.15) is 0 Å². The molecule has 0 saturated carbocycles. The van der Waals surface area contributed by atoms with Crippen LogP contribution in [0.5, 0.6) is 0 Å². The molecule has 2 atom stereocenters. The molecule has 1 fully saturated rings. The van der Waals surface area contributed by atoms with Gasteiger partial charge in [0.25, 0.3) is 11.8 Å². The Morgan fingerprint density at radius 1 is 1.43 bits per heavy atom. The van der Waals surface area contributed by atoms with Gasteiger partial charge in [-0.3, -0.25) is 25.6 Å². The van der Waals surface area contributed by atoms with E-state index in [0.717, 1.165) is 19.3 Å². The van der Waals surface area contributed by atoms with E-state index in [0.29, 0.717) is 5.92 Å². The van der Waals surface area contributed by atoms with Crippen molar-refractivity contribution in [2.45, 2.75) is 25.4 Å². The van der Waals surface area contributed by atoms with Gasteiger partial charge in [0.2, 0.25) is 0 Å². The lowest BCUT2D eigenvalue weighted by Crippen LogP contribution is -2.67. The molecule has 0 aromatic heterocycles. The predicted octanol–water partition coefficient (Wildman–Crippen LogP) is -1.30. The minimum Gasteiger partial charge on any atom is -0.284 e. The van der Waals surface area contributed by atoms with E-state index in [1.165, 1.54) is 0 Å². The van der Waals surface area contributed by atoms with Crippen molar-refractivity contribution in [1.29, 1.82) is 0 Å². The smallest absolute Gasteiger partial charge is 0.284 e. The number of rotatable bonds is 5. The summed E-state index contributed by atoms with van der Waals surface area (Å²) in [5.41, 5.74) is 7.04. The second-order valence-electron chi connectivity index (χ2n) is 4.76. The third-order valence-corrected chi connectivity index (χ3v) is 3.08. The van der Waals surface area contributed by atoms with Crippen molar-refractivity contribution in [1.82, 2.24) is 26.9 Å². The van der Waals surface area contributed by atoms with E-state index in [4.69, 9.17) is 0 Å². The summed E-state index contributed by atoms with van der Waals surface area (Å²) >= 11 is 0. The van der Waals surface area contributed by atoms with Crippen LogP contribution in [0.15, 0.2) is 17.3 Å². The monoisotopic (exact) mass is 294 g/mol. The average Bonchev–Trinajstić information content (AvgIpc) is 2.47. The largest absolute Gasteiger partial charge is 0.335 e. The van der Waals surface area contributed by atoms with Gasteiger partial charge >= 0.3 is 6.03 Å². The quantitative estimate of drug-likeness (QED) is 0.245. The molecule has 9 nitrogen and oxygen atoms in total. The maximum atomic E-state index is 11.6. The Morgan fingerprint density at radius 3 is 3.00 bits per heavy atom. The first-order chi connectivity index (χ1) is 10.1. The van der Waals surface area contributed by atoms with Gasteiger partial charge in [0, 0.05) is 6.21 Å². The van der Waals surface area contributed by atoms with Gasteiger partial charge in [0.05, 0.1) is 6.54 Å². The van der Waals surface area contributed by atoms with Gasteiger partial charge in [-0.05, 0) is 25.2 Å². The van der Waals surface area contributed by atoms with E-state index >= 15 is 0 Å². The van der Waals surface area contributed by atoms with E-state index in [9.17, 15) is 14.4 Å². The zero-order valence-electron chi connectivity index (χ0n) is 11.4. The van der Waals surface area contributed by atoms with Crippen LogP contribution in [0.3, 0.4) is 0 Å². The highest BCUT2D eigenvalue weighted by Crippen LogP contribution is 2.15. The maximum absolute atomic E-state index is 11.6. The van der Waals surface area contributed by atoms with E-state index < -0.39 is 18.1 Å². The Balaban J connectivity index is 1.65. The number of carbonyl (C=O) groups is 3. The Hall–Kier alpha value is -2.26. The molecule has 0 spiro atoms. The van der Waals surface area contributed by atoms with Gasteiger partial charge in [-0.2, -0.15) is 5.10 Å². The zero-order chi connectivity index (χ0) is 15.1. The molecule has 0 aromatic rings. The van der Waals surface area contributed by atoms with Crippen molar-refractivity contribution in [3.8, 4) is 0 Å². The first-order valence-electron chi connectivity index (χ1n) is 6.72. The molecule has 114 valence electrons. The second-order valence-corrected chi connectivity index (χ2v) is 4.76. The molecule has 2 unspecified atom stereocenters. The summed E-state index contributed by atoms with van der Waals surface area (Å²) in [6.07, 6.45) is 8.09. The molecule has 4 amide bonds. The topological polar surface area (TPSA) is 124 Å². The highest BCUT2D eigenvalue weighted by atomic mass is 16.2. The fourth-order valence-electron chi connectivity index (χ4n) is 1.96. The highest BCUT2D eigenvalue weighted by molar-refractivity contribution is 5.98. The van der Waals surface area contributed by atoms with Crippen LogP contribution in [0.4, 0.5) is 4.79 Å². The van der Waals surface area contributed by atoms with Crippen molar-refractivity contribution >= 4 is 24.1 Å². The molecule has 0 bridgehead atoms. The molecular weight excluding hydrogens is 276 g/mol. The van der Waals surface area contributed by atoms with Crippen LogP contribution in [0.2, 0.25) is 0 Å². The number of imide groups is 1. The first kappa shape index (κ1) is 15.1. The van der Waals surface area contributed by atoms with Gasteiger partial charge in [0.15, 0.2) is 6.17 Å². The summed E-state index contributed by atoms with van der Waals surface area (Å²) in [5, 5.41) is 8.60. The van der Waals surface area contributed by atoms with Gasteiger partial charge in [-0.1, -0.05) is 12.2 Å². The Bertz CT molecular complexity index is 476. The number of nitrogens with one attached hydrogen (secondary N) is 5. The summed E-state index contributed by atoms with van der Waals surface area (Å²) < 4.78 is 0. The van der Waals surface area contributed by atoms with E-state index in [1.807, 2.05) is 0 Å². The number of nitrogens with zero attached hydrogens (tertiary/aromatic N) is 1. The maximum Gasteiger partial charge on any atom is 0.335 e. The summed E-state index contributed by atoms with van der Waals surface area (Å²) in [6.45, 7) is -0.108. The predicted molar refractivity (Wildman–Crippen MR) is 74.7 cm³/mol. The lowest BCUT2D eigenvalue weighted by molar-refractivity contribution is -0.124. The molecule has 1 aliphatic carbocycles. The highest BCUT2D eigenvalue weighted by Gasteiger charge is 2.25. The zero-order valence-corrected chi connectivity index (χ0v) is 11.4. The molecule has 5 N–H and O–H groups in total. The number of urea groups is 1. The number of hydrazine groups is 1. The molecular formula is C12H18N6O3. The number of hydrazone groups is 1. The average molecular weight is 294 g/mol. The number of hydrogen-bond donors (Lipinski definition) is 5. The molecule has 1 heterocycles. The second kappa shape index (κ2) is 7.50. The van der Waals surface area contributed by atoms with Crippen molar-refractivity contribution in [3.63, 3.8) is 0 Å². The molecule has 9 heteroatoms. The van der Waals surface area contributed by atoms with Crippen molar-refractivity contribution in [3.05, 3.63) is 12.2 Å². The fourth-order valence-corrected chi connectivity index (χ4v) is 1.96. The fraction of sp³-hybridized carbons (Fsp3) is 0.500. The number of allylic oxidation sites excluding steroid dienone is 2. The summed E-state index contributed by atoms with van der Waals surface area (Å²) in [5.74, 6) is -0.572. The van der Waals surface area contributed by atoms with Crippen LogP contribution in [0.25, 0.3) is 0 Å². The van der Waals surface area contributed by atoms with Crippen molar-refractivity contribution in [2.75, 3.05) is 6.54 Å². The van der Waals surface area contributed by atoms with Crippen LogP contribution in [0, 0.1) is 5.92 Å². The lowest BCUT2D eigenvalue weighted by Gasteiger charge is -2.23. The van der Waals surface area contributed by atoms with Gasteiger partial charge in [-0.15, -0.1) is 0 Å². The third-order valence-electron chi connectivity index (χ3n) is 3.08. The SMILES string of the molecule is O=C(CNC1NNC(=O)NC1=O)N/N=C/C1CC=CCC1. The van der Waals surface area contributed by atoms with E-state index in [2.05, 4.69) is 44.2 Å². The summed E-state index contributed by atoms with van der Waals surface area (Å²) in [4.78, 5) is 33.7. The molecule has 0 radical (unpaired) electrons. The third kappa shape index (κ3) is 4.97. The van der Waals surface area contributed by atoms with Crippen LogP contribution in [-0.4, -0.2) is 36.8 Å². The lowest BCUT2D eigenvalue weighted by atomic mass is 9.96. The molecule has 0 aromatic carbocycles. The molecule has 2 rings (SSSR count). The van der Waals surface area contributed by atoms with E-state index in [1.54, 1.807) is 6.21 Å².